The number of anilines is 2. The molecule has 3 N–H and O–H groups in total. The van der Waals surface area contributed by atoms with Crippen molar-refractivity contribution in [3.8, 4) is 11.5 Å². The zero-order valence-electron chi connectivity index (χ0n) is 15.0. The molecule has 0 saturated carbocycles. The van der Waals surface area contributed by atoms with Crippen molar-refractivity contribution < 1.29 is 19.1 Å². The van der Waals surface area contributed by atoms with Gasteiger partial charge in [-0.2, -0.15) is 5.10 Å². The summed E-state index contributed by atoms with van der Waals surface area (Å²) in [5, 5.41) is 8.55. The van der Waals surface area contributed by atoms with Crippen LogP contribution in [0.1, 0.15) is 6.42 Å². The van der Waals surface area contributed by atoms with Crippen molar-refractivity contribution in [2.75, 3.05) is 24.5 Å². The van der Waals surface area contributed by atoms with E-state index in [1.165, 1.54) is 19.2 Å². The van der Waals surface area contributed by atoms with Crippen LogP contribution in [0.4, 0.5) is 11.4 Å². The molecule has 0 saturated heterocycles. The lowest BCUT2D eigenvalue weighted by Gasteiger charge is -2.20. The van der Waals surface area contributed by atoms with E-state index < -0.39 is 17.9 Å². The topological polar surface area (TPSA) is 106 Å². The van der Waals surface area contributed by atoms with Gasteiger partial charge in [-0.1, -0.05) is 18.2 Å². The number of nitrogens with two attached hydrogens (primary N) is 1. The SMILES string of the molecule is COc1ccc(NC(=O)C2=NN(c3ccccc3)C(C(N)=O)C2)cc1OC. The van der Waals surface area contributed by atoms with E-state index in [0.717, 1.165) is 0 Å². The van der Waals surface area contributed by atoms with E-state index in [9.17, 15) is 9.59 Å². The van der Waals surface area contributed by atoms with Crippen molar-refractivity contribution >= 4 is 28.9 Å². The zero-order chi connectivity index (χ0) is 19.4. The largest absolute Gasteiger partial charge is 0.493 e. The first-order valence-electron chi connectivity index (χ1n) is 8.28. The van der Waals surface area contributed by atoms with Gasteiger partial charge in [0.15, 0.2) is 11.5 Å². The van der Waals surface area contributed by atoms with Crippen LogP contribution in [0.15, 0.2) is 53.6 Å². The van der Waals surface area contributed by atoms with Crippen LogP contribution in [-0.4, -0.2) is 37.8 Å². The maximum Gasteiger partial charge on any atom is 0.271 e. The fourth-order valence-corrected chi connectivity index (χ4v) is 2.81. The first-order valence-corrected chi connectivity index (χ1v) is 8.28. The third kappa shape index (κ3) is 3.84. The van der Waals surface area contributed by atoms with Gasteiger partial charge >= 0.3 is 0 Å². The number of carbonyl (C=O) groups excluding carboxylic acids is 2. The number of hydrogen-bond acceptors (Lipinski definition) is 6. The molecule has 1 aliphatic heterocycles. The van der Waals surface area contributed by atoms with Gasteiger partial charge in [0.05, 0.1) is 19.9 Å². The zero-order valence-corrected chi connectivity index (χ0v) is 15.0. The summed E-state index contributed by atoms with van der Waals surface area (Å²) < 4.78 is 10.4. The Morgan fingerprint density at radius 2 is 1.81 bits per heavy atom. The Labute approximate surface area is 156 Å². The average Bonchev–Trinajstić information content (AvgIpc) is 3.14. The van der Waals surface area contributed by atoms with Crippen molar-refractivity contribution in [2.24, 2.45) is 10.8 Å². The standard InChI is InChI=1S/C19H20N4O4/c1-26-16-9-8-12(10-17(16)27-2)21-19(25)14-11-15(18(20)24)23(22-14)13-6-4-3-5-7-13/h3-10,15H,11H2,1-2H3,(H2,20,24)(H,21,25). The second-order valence-electron chi connectivity index (χ2n) is 5.87. The number of nitrogens with zero attached hydrogens (tertiary/aromatic N) is 2. The molecule has 0 radical (unpaired) electrons. The fourth-order valence-electron chi connectivity index (χ4n) is 2.81. The number of primary amides is 1. The highest BCUT2D eigenvalue weighted by atomic mass is 16.5. The van der Waals surface area contributed by atoms with Crippen LogP contribution in [0.3, 0.4) is 0 Å². The second-order valence-corrected chi connectivity index (χ2v) is 5.87. The van der Waals surface area contributed by atoms with Gasteiger partial charge in [0.25, 0.3) is 5.91 Å². The molecule has 1 atom stereocenters. The number of methoxy groups -OCH3 is 2. The molecule has 27 heavy (non-hydrogen) atoms. The lowest BCUT2D eigenvalue weighted by Crippen LogP contribution is -2.39. The number of carbonyl (C=O) groups is 2. The smallest absolute Gasteiger partial charge is 0.271 e. The third-order valence-corrected chi connectivity index (χ3v) is 4.16. The number of hydrogen-bond donors (Lipinski definition) is 2. The summed E-state index contributed by atoms with van der Waals surface area (Å²) in [6.07, 6.45) is 0.128. The van der Waals surface area contributed by atoms with Crippen molar-refractivity contribution in [3.63, 3.8) is 0 Å². The van der Waals surface area contributed by atoms with Gasteiger partial charge in [-0.25, -0.2) is 0 Å². The Balaban J connectivity index is 1.81. The molecule has 0 aliphatic carbocycles. The number of nitrogens with one attached hydrogen (secondary N) is 1. The van der Waals surface area contributed by atoms with E-state index in [2.05, 4.69) is 10.4 Å². The van der Waals surface area contributed by atoms with E-state index in [1.54, 1.807) is 30.3 Å². The maximum absolute atomic E-state index is 12.6. The predicted octanol–water partition coefficient (Wildman–Crippen LogP) is 1.76. The summed E-state index contributed by atoms with van der Waals surface area (Å²) in [5.41, 5.74) is 6.93. The van der Waals surface area contributed by atoms with E-state index in [1.807, 2.05) is 18.2 Å². The van der Waals surface area contributed by atoms with Gasteiger partial charge < -0.3 is 20.5 Å². The lowest BCUT2D eigenvalue weighted by atomic mass is 10.1. The molecule has 0 bridgehead atoms. The minimum absolute atomic E-state index is 0.128. The van der Waals surface area contributed by atoms with Crippen LogP contribution < -0.4 is 25.5 Å². The molecule has 1 heterocycles. The van der Waals surface area contributed by atoms with E-state index >= 15 is 0 Å². The molecule has 0 fully saturated rings. The summed E-state index contributed by atoms with van der Waals surface area (Å²) in [5.74, 6) is 0.0887. The van der Waals surface area contributed by atoms with Crippen LogP contribution in [-0.2, 0) is 9.59 Å². The molecule has 2 aromatic carbocycles. The summed E-state index contributed by atoms with van der Waals surface area (Å²) in [4.78, 5) is 24.4. The van der Waals surface area contributed by atoms with Crippen LogP contribution >= 0.6 is 0 Å². The normalized spacial score (nSPS) is 15.9. The van der Waals surface area contributed by atoms with Crippen LogP contribution in [0.5, 0.6) is 11.5 Å². The number of hydrazone groups is 1. The Morgan fingerprint density at radius 3 is 2.44 bits per heavy atom. The molecule has 8 nitrogen and oxygen atoms in total. The summed E-state index contributed by atoms with van der Waals surface area (Å²) in [7, 11) is 3.05. The summed E-state index contributed by atoms with van der Waals surface area (Å²) >= 11 is 0. The number of rotatable bonds is 6. The molecule has 8 heteroatoms. The van der Waals surface area contributed by atoms with Crippen molar-refractivity contribution in [3.05, 3.63) is 48.5 Å². The molecule has 3 rings (SSSR count). The van der Waals surface area contributed by atoms with Crippen molar-refractivity contribution in [1.82, 2.24) is 0 Å². The highest BCUT2D eigenvalue weighted by Gasteiger charge is 2.35. The third-order valence-electron chi connectivity index (χ3n) is 4.16. The highest BCUT2D eigenvalue weighted by molar-refractivity contribution is 6.44. The van der Waals surface area contributed by atoms with Gasteiger partial charge in [-0.3, -0.25) is 14.6 Å². The van der Waals surface area contributed by atoms with Crippen LogP contribution in [0.25, 0.3) is 0 Å². The van der Waals surface area contributed by atoms with Crippen LogP contribution in [0, 0.1) is 0 Å². The van der Waals surface area contributed by atoms with Gasteiger partial charge in [0, 0.05) is 18.2 Å². The summed E-state index contributed by atoms with van der Waals surface area (Å²) in [6.45, 7) is 0. The van der Waals surface area contributed by atoms with Crippen molar-refractivity contribution in [2.45, 2.75) is 12.5 Å². The summed E-state index contributed by atoms with van der Waals surface area (Å²) in [6, 6.07) is 13.4. The quantitative estimate of drug-likeness (QED) is 0.808. The van der Waals surface area contributed by atoms with Gasteiger partial charge in [-0.05, 0) is 24.3 Å². The number of benzene rings is 2. The van der Waals surface area contributed by atoms with E-state index in [4.69, 9.17) is 15.2 Å². The Bertz CT molecular complexity index is 883. The van der Waals surface area contributed by atoms with Gasteiger partial charge in [0.2, 0.25) is 5.91 Å². The monoisotopic (exact) mass is 368 g/mol. The van der Waals surface area contributed by atoms with Crippen molar-refractivity contribution in [1.29, 1.82) is 0 Å². The predicted molar refractivity (Wildman–Crippen MR) is 102 cm³/mol. The minimum atomic E-state index is -0.710. The Hall–Kier alpha value is -3.55. The molecule has 0 aromatic heterocycles. The number of ether oxygens (including phenoxy) is 2. The van der Waals surface area contributed by atoms with Gasteiger partial charge in [-0.15, -0.1) is 0 Å². The average molecular weight is 368 g/mol. The first-order chi connectivity index (χ1) is 13.0. The minimum Gasteiger partial charge on any atom is -0.493 e. The number of amides is 2. The van der Waals surface area contributed by atoms with Gasteiger partial charge in [0.1, 0.15) is 11.8 Å². The maximum atomic E-state index is 12.6. The van der Waals surface area contributed by atoms with E-state index in [-0.39, 0.29) is 12.1 Å². The molecule has 1 aliphatic rings. The lowest BCUT2D eigenvalue weighted by molar-refractivity contribution is -0.119. The highest BCUT2D eigenvalue weighted by Crippen LogP contribution is 2.30. The molecule has 0 spiro atoms. The Morgan fingerprint density at radius 1 is 1.11 bits per heavy atom. The molecule has 2 aromatic rings. The molecular weight excluding hydrogens is 348 g/mol. The molecule has 1 unspecified atom stereocenters. The van der Waals surface area contributed by atoms with Crippen LogP contribution in [0.2, 0.25) is 0 Å². The number of para-hydroxylation sites is 1. The fraction of sp³-hybridized carbons (Fsp3) is 0.211. The molecular formula is C19H20N4O4. The Kier molecular flexibility index (Phi) is 5.25. The first kappa shape index (κ1) is 18.2. The van der Waals surface area contributed by atoms with E-state index in [0.29, 0.717) is 22.9 Å². The molecule has 140 valence electrons. The molecule has 2 amide bonds. The second kappa shape index (κ2) is 7.77.